The standard InChI is InChI=1S/C16H23NO2/c1-12-9-10-13(16(18)19)11-15(12)17-14-7-5-3-2-4-6-8-14/h9-11,14,17H,2-8H2,1H3,(H,18,19). The molecule has 1 aromatic carbocycles. The van der Waals surface area contributed by atoms with Gasteiger partial charge in [0.2, 0.25) is 0 Å². The second-order valence-corrected chi connectivity index (χ2v) is 5.52. The molecule has 104 valence electrons. The van der Waals surface area contributed by atoms with Crippen molar-refractivity contribution in [3.8, 4) is 0 Å². The average molecular weight is 261 g/mol. The Kier molecular flexibility index (Phi) is 4.83. The number of rotatable bonds is 3. The highest BCUT2D eigenvalue weighted by Crippen LogP contribution is 2.23. The van der Waals surface area contributed by atoms with E-state index in [9.17, 15) is 4.79 Å². The number of hydrogen-bond acceptors (Lipinski definition) is 2. The fourth-order valence-electron chi connectivity index (χ4n) is 2.73. The van der Waals surface area contributed by atoms with Gasteiger partial charge in [0.25, 0.3) is 0 Å². The fraction of sp³-hybridized carbons (Fsp3) is 0.562. The molecule has 0 radical (unpaired) electrons. The minimum absolute atomic E-state index is 0.360. The van der Waals surface area contributed by atoms with Crippen LogP contribution in [-0.4, -0.2) is 17.1 Å². The topological polar surface area (TPSA) is 49.3 Å². The van der Waals surface area contributed by atoms with E-state index in [0.29, 0.717) is 11.6 Å². The van der Waals surface area contributed by atoms with E-state index in [0.717, 1.165) is 11.3 Å². The lowest BCUT2D eigenvalue weighted by Gasteiger charge is -2.23. The number of benzene rings is 1. The van der Waals surface area contributed by atoms with Crippen LogP contribution in [0.4, 0.5) is 5.69 Å². The van der Waals surface area contributed by atoms with Crippen LogP contribution >= 0.6 is 0 Å². The van der Waals surface area contributed by atoms with Gasteiger partial charge in [-0.1, -0.05) is 38.2 Å². The predicted octanol–water partition coefficient (Wildman–Crippen LogP) is 4.22. The van der Waals surface area contributed by atoms with Crippen molar-refractivity contribution in [2.45, 2.75) is 57.9 Å². The first-order chi connectivity index (χ1) is 9.16. The Morgan fingerprint density at radius 1 is 1.16 bits per heavy atom. The van der Waals surface area contributed by atoms with E-state index in [-0.39, 0.29) is 0 Å². The smallest absolute Gasteiger partial charge is 0.335 e. The molecule has 2 rings (SSSR count). The largest absolute Gasteiger partial charge is 0.478 e. The maximum absolute atomic E-state index is 11.0. The van der Waals surface area contributed by atoms with Gasteiger partial charge in [-0.3, -0.25) is 0 Å². The van der Waals surface area contributed by atoms with Gasteiger partial charge in [0.15, 0.2) is 0 Å². The molecule has 1 aliphatic carbocycles. The molecule has 0 saturated heterocycles. The zero-order valence-corrected chi connectivity index (χ0v) is 11.6. The zero-order valence-electron chi connectivity index (χ0n) is 11.6. The Bertz CT molecular complexity index is 434. The summed E-state index contributed by atoms with van der Waals surface area (Å²) >= 11 is 0. The van der Waals surface area contributed by atoms with Crippen molar-refractivity contribution in [2.75, 3.05) is 5.32 Å². The van der Waals surface area contributed by atoms with Gasteiger partial charge in [-0.15, -0.1) is 0 Å². The van der Waals surface area contributed by atoms with Crippen LogP contribution in [0.25, 0.3) is 0 Å². The van der Waals surface area contributed by atoms with Crippen molar-refractivity contribution < 1.29 is 9.90 Å². The first-order valence-corrected chi connectivity index (χ1v) is 7.27. The van der Waals surface area contributed by atoms with Crippen molar-refractivity contribution in [3.63, 3.8) is 0 Å². The van der Waals surface area contributed by atoms with Crippen molar-refractivity contribution in [1.29, 1.82) is 0 Å². The van der Waals surface area contributed by atoms with Gasteiger partial charge in [-0.2, -0.15) is 0 Å². The van der Waals surface area contributed by atoms with Crippen LogP contribution in [0.2, 0.25) is 0 Å². The molecule has 0 bridgehead atoms. The zero-order chi connectivity index (χ0) is 13.7. The summed E-state index contributed by atoms with van der Waals surface area (Å²) in [6, 6.07) is 5.80. The predicted molar refractivity (Wildman–Crippen MR) is 77.9 cm³/mol. The number of aromatic carboxylic acids is 1. The molecule has 0 amide bonds. The highest BCUT2D eigenvalue weighted by molar-refractivity contribution is 5.89. The third-order valence-corrected chi connectivity index (χ3v) is 3.95. The van der Waals surface area contributed by atoms with Gasteiger partial charge < -0.3 is 10.4 Å². The number of carboxylic acids is 1. The summed E-state index contributed by atoms with van der Waals surface area (Å²) in [7, 11) is 0. The minimum Gasteiger partial charge on any atom is -0.478 e. The molecular formula is C16H23NO2. The molecule has 0 aliphatic heterocycles. The Morgan fingerprint density at radius 2 is 1.79 bits per heavy atom. The summed E-state index contributed by atoms with van der Waals surface area (Å²) < 4.78 is 0. The van der Waals surface area contributed by atoms with E-state index in [2.05, 4.69) is 5.32 Å². The number of hydrogen-bond donors (Lipinski definition) is 2. The highest BCUT2D eigenvalue weighted by Gasteiger charge is 2.13. The first kappa shape index (κ1) is 13.9. The third-order valence-electron chi connectivity index (χ3n) is 3.95. The van der Waals surface area contributed by atoms with Crippen LogP contribution in [0.3, 0.4) is 0 Å². The molecule has 2 N–H and O–H groups in total. The summed E-state index contributed by atoms with van der Waals surface area (Å²) in [5.74, 6) is -0.860. The number of anilines is 1. The van der Waals surface area contributed by atoms with Crippen molar-refractivity contribution >= 4 is 11.7 Å². The Balaban J connectivity index is 2.07. The van der Waals surface area contributed by atoms with Gasteiger partial charge in [0.1, 0.15) is 0 Å². The summed E-state index contributed by atoms with van der Waals surface area (Å²) in [6.45, 7) is 2.02. The van der Waals surface area contributed by atoms with Crippen molar-refractivity contribution in [2.24, 2.45) is 0 Å². The van der Waals surface area contributed by atoms with E-state index in [1.807, 2.05) is 13.0 Å². The van der Waals surface area contributed by atoms with Crippen LogP contribution in [0, 0.1) is 6.92 Å². The second kappa shape index (κ2) is 6.60. The molecule has 0 aromatic heterocycles. The molecule has 0 heterocycles. The van der Waals surface area contributed by atoms with E-state index >= 15 is 0 Å². The third kappa shape index (κ3) is 3.98. The quantitative estimate of drug-likeness (QED) is 0.856. The van der Waals surface area contributed by atoms with Gasteiger partial charge in [-0.05, 0) is 37.5 Å². The summed E-state index contributed by atoms with van der Waals surface area (Å²) in [5.41, 5.74) is 2.46. The summed E-state index contributed by atoms with van der Waals surface area (Å²) in [4.78, 5) is 11.0. The lowest BCUT2D eigenvalue weighted by molar-refractivity contribution is 0.0697. The monoisotopic (exact) mass is 261 g/mol. The second-order valence-electron chi connectivity index (χ2n) is 5.52. The molecule has 1 saturated carbocycles. The Hall–Kier alpha value is -1.51. The molecule has 1 aliphatic rings. The van der Waals surface area contributed by atoms with Gasteiger partial charge in [0, 0.05) is 11.7 Å². The molecule has 0 unspecified atom stereocenters. The molecule has 3 nitrogen and oxygen atoms in total. The van der Waals surface area contributed by atoms with E-state index in [1.54, 1.807) is 12.1 Å². The Labute approximate surface area is 115 Å². The summed E-state index contributed by atoms with van der Waals surface area (Å²) in [5, 5.41) is 12.6. The van der Waals surface area contributed by atoms with Crippen LogP contribution in [0.5, 0.6) is 0 Å². The van der Waals surface area contributed by atoms with Crippen LogP contribution in [0.1, 0.15) is 60.9 Å². The van der Waals surface area contributed by atoms with E-state index < -0.39 is 5.97 Å². The number of nitrogens with one attached hydrogen (secondary N) is 1. The highest BCUT2D eigenvalue weighted by atomic mass is 16.4. The maximum atomic E-state index is 11.0. The SMILES string of the molecule is Cc1ccc(C(=O)O)cc1NC1CCCCCCC1. The van der Waals surface area contributed by atoms with Crippen LogP contribution in [0.15, 0.2) is 18.2 Å². The first-order valence-electron chi connectivity index (χ1n) is 7.27. The maximum Gasteiger partial charge on any atom is 0.335 e. The lowest BCUT2D eigenvalue weighted by atomic mass is 9.96. The average Bonchev–Trinajstić information content (AvgIpc) is 2.34. The van der Waals surface area contributed by atoms with Crippen LogP contribution in [-0.2, 0) is 0 Å². The molecule has 19 heavy (non-hydrogen) atoms. The van der Waals surface area contributed by atoms with Gasteiger partial charge >= 0.3 is 5.97 Å². The number of carbonyl (C=O) groups is 1. The van der Waals surface area contributed by atoms with Crippen molar-refractivity contribution in [3.05, 3.63) is 29.3 Å². The molecule has 0 atom stereocenters. The lowest BCUT2D eigenvalue weighted by Crippen LogP contribution is -2.21. The Morgan fingerprint density at radius 3 is 2.42 bits per heavy atom. The molecular weight excluding hydrogens is 238 g/mol. The number of carboxylic acid groups (broad SMARTS) is 1. The van der Waals surface area contributed by atoms with Crippen molar-refractivity contribution in [1.82, 2.24) is 0 Å². The minimum atomic E-state index is -0.860. The van der Waals surface area contributed by atoms with E-state index in [1.165, 1.54) is 44.9 Å². The normalized spacial score (nSPS) is 17.5. The molecule has 3 heteroatoms. The van der Waals surface area contributed by atoms with Crippen LogP contribution < -0.4 is 5.32 Å². The number of aryl methyl sites for hydroxylation is 1. The molecule has 1 fully saturated rings. The molecule has 0 spiro atoms. The molecule has 1 aromatic rings. The van der Waals surface area contributed by atoms with Gasteiger partial charge in [-0.25, -0.2) is 4.79 Å². The van der Waals surface area contributed by atoms with E-state index in [4.69, 9.17) is 5.11 Å². The van der Waals surface area contributed by atoms with Gasteiger partial charge in [0.05, 0.1) is 5.56 Å². The fourth-order valence-corrected chi connectivity index (χ4v) is 2.73. The summed E-state index contributed by atoms with van der Waals surface area (Å²) in [6.07, 6.45) is 8.94.